The zero-order valence-electron chi connectivity index (χ0n) is 11.0. The highest BCUT2D eigenvalue weighted by molar-refractivity contribution is 5.93. The average Bonchev–Trinajstić information content (AvgIpc) is 3.03. The number of aromatic nitrogens is 1. The van der Waals surface area contributed by atoms with Crippen molar-refractivity contribution in [2.75, 3.05) is 26.2 Å². The number of guanidine groups is 1. The van der Waals surface area contributed by atoms with Crippen LogP contribution in [0.1, 0.15) is 10.5 Å². The quantitative estimate of drug-likeness (QED) is 0.371. The normalized spacial score (nSPS) is 13.6. The highest BCUT2D eigenvalue weighted by Crippen LogP contribution is 2.14. The van der Waals surface area contributed by atoms with Gasteiger partial charge in [0.25, 0.3) is 11.6 Å². The predicted molar refractivity (Wildman–Crippen MR) is 72.7 cm³/mol. The third-order valence-corrected chi connectivity index (χ3v) is 2.81. The van der Waals surface area contributed by atoms with E-state index in [1.807, 2.05) is 0 Å². The molecule has 0 saturated carbocycles. The average molecular weight is 280 g/mol. The minimum absolute atomic E-state index is 0.0970. The van der Waals surface area contributed by atoms with Crippen LogP contribution in [0.25, 0.3) is 0 Å². The fourth-order valence-corrected chi connectivity index (χ4v) is 1.84. The maximum Gasteiger partial charge on any atom is 0.287 e. The largest absolute Gasteiger partial charge is 0.355 e. The minimum Gasteiger partial charge on any atom is -0.355 e. The molecule has 1 aromatic heterocycles. The van der Waals surface area contributed by atoms with Crippen molar-refractivity contribution in [3.8, 4) is 0 Å². The van der Waals surface area contributed by atoms with Gasteiger partial charge in [0, 0.05) is 32.7 Å². The lowest BCUT2D eigenvalue weighted by molar-refractivity contribution is -0.384. The van der Waals surface area contributed by atoms with Gasteiger partial charge in [0.1, 0.15) is 5.69 Å². The lowest BCUT2D eigenvalue weighted by Gasteiger charge is -2.08. The maximum absolute atomic E-state index is 11.9. The van der Waals surface area contributed by atoms with E-state index in [1.165, 1.54) is 16.8 Å². The van der Waals surface area contributed by atoms with Crippen LogP contribution in [0, 0.1) is 10.1 Å². The van der Waals surface area contributed by atoms with Gasteiger partial charge in [-0.1, -0.05) is 0 Å². The molecule has 9 nitrogen and oxygen atoms in total. The van der Waals surface area contributed by atoms with E-state index in [0.29, 0.717) is 13.1 Å². The lowest BCUT2D eigenvalue weighted by Crippen LogP contribution is -2.39. The highest BCUT2D eigenvalue weighted by Gasteiger charge is 2.17. The lowest BCUT2D eigenvalue weighted by atomic mass is 10.4. The Hall–Kier alpha value is -2.58. The Morgan fingerprint density at radius 2 is 2.40 bits per heavy atom. The van der Waals surface area contributed by atoms with Gasteiger partial charge in [0.05, 0.1) is 17.7 Å². The van der Waals surface area contributed by atoms with Crippen molar-refractivity contribution in [3.63, 3.8) is 0 Å². The number of aryl methyl sites for hydroxylation is 1. The molecule has 1 aromatic rings. The van der Waals surface area contributed by atoms with Crippen molar-refractivity contribution >= 4 is 17.6 Å². The van der Waals surface area contributed by atoms with E-state index >= 15 is 0 Å². The first-order valence-electron chi connectivity index (χ1n) is 6.19. The topological polar surface area (TPSA) is 114 Å². The molecule has 0 bridgehead atoms. The van der Waals surface area contributed by atoms with Gasteiger partial charge < -0.3 is 20.5 Å². The van der Waals surface area contributed by atoms with E-state index in [0.717, 1.165) is 19.0 Å². The molecular formula is C11H16N6O3. The van der Waals surface area contributed by atoms with Gasteiger partial charge in [-0.05, 0) is 0 Å². The Morgan fingerprint density at radius 3 is 3.00 bits per heavy atom. The van der Waals surface area contributed by atoms with Crippen LogP contribution in [0.4, 0.5) is 5.69 Å². The van der Waals surface area contributed by atoms with Crippen LogP contribution in [0.2, 0.25) is 0 Å². The SMILES string of the molecule is Cn1cc([N+](=O)[O-])cc1C(=O)NCCNC1=NCCN1. The second kappa shape index (κ2) is 6.04. The van der Waals surface area contributed by atoms with Crippen LogP contribution in [0.3, 0.4) is 0 Å². The summed E-state index contributed by atoms with van der Waals surface area (Å²) in [4.78, 5) is 26.1. The number of nitrogens with zero attached hydrogens (tertiary/aromatic N) is 3. The third-order valence-electron chi connectivity index (χ3n) is 2.81. The van der Waals surface area contributed by atoms with Gasteiger partial charge in [-0.2, -0.15) is 0 Å². The molecule has 1 aliphatic heterocycles. The van der Waals surface area contributed by atoms with Crippen LogP contribution in [-0.4, -0.2) is 47.5 Å². The van der Waals surface area contributed by atoms with Gasteiger partial charge in [-0.25, -0.2) is 0 Å². The number of aliphatic imine (C=N–C) groups is 1. The Balaban J connectivity index is 1.80. The molecule has 0 fully saturated rings. The van der Waals surface area contributed by atoms with E-state index < -0.39 is 4.92 Å². The summed E-state index contributed by atoms with van der Waals surface area (Å²) in [5.74, 6) is 0.387. The van der Waals surface area contributed by atoms with Gasteiger partial charge >= 0.3 is 0 Å². The monoisotopic (exact) mass is 280 g/mol. The molecule has 0 unspecified atom stereocenters. The molecular weight excluding hydrogens is 264 g/mol. The summed E-state index contributed by atoms with van der Waals surface area (Å²) in [5.41, 5.74) is 0.160. The molecule has 1 aliphatic rings. The maximum atomic E-state index is 11.9. The zero-order valence-corrected chi connectivity index (χ0v) is 11.0. The molecule has 1 amide bonds. The molecule has 0 saturated heterocycles. The van der Waals surface area contributed by atoms with Gasteiger partial charge in [0.15, 0.2) is 5.96 Å². The van der Waals surface area contributed by atoms with E-state index in [2.05, 4.69) is 20.9 Å². The van der Waals surface area contributed by atoms with Crippen molar-refractivity contribution in [1.82, 2.24) is 20.5 Å². The van der Waals surface area contributed by atoms with E-state index in [-0.39, 0.29) is 17.3 Å². The number of carbonyl (C=O) groups excluding carboxylic acids is 1. The molecule has 9 heteroatoms. The number of nitrogens with one attached hydrogen (secondary N) is 3. The fourth-order valence-electron chi connectivity index (χ4n) is 1.84. The van der Waals surface area contributed by atoms with Crippen LogP contribution in [-0.2, 0) is 7.05 Å². The predicted octanol–water partition coefficient (Wildman–Crippen LogP) is -0.788. The highest BCUT2D eigenvalue weighted by atomic mass is 16.6. The molecule has 0 radical (unpaired) electrons. The molecule has 20 heavy (non-hydrogen) atoms. The molecule has 2 heterocycles. The Bertz CT molecular complexity index is 550. The van der Waals surface area contributed by atoms with Crippen LogP contribution < -0.4 is 16.0 Å². The number of carbonyl (C=O) groups is 1. The standard InChI is InChI=1S/C11H16N6O3/c1-16-7-8(17(19)20)6-9(16)10(18)12-2-3-13-11-14-4-5-15-11/h6-7H,2-5H2,1H3,(H,12,18)(H2,13,14,15). The smallest absolute Gasteiger partial charge is 0.287 e. The van der Waals surface area contributed by atoms with Crippen molar-refractivity contribution in [2.24, 2.45) is 12.0 Å². The number of hydrogen-bond acceptors (Lipinski definition) is 6. The summed E-state index contributed by atoms with van der Waals surface area (Å²) < 4.78 is 1.43. The summed E-state index contributed by atoms with van der Waals surface area (Å²) >= 11 is 0. The molecule has 0 aliphatic carbocycles. The summed E-state index contributed by atoms with van der Waals surface area (Å²) in [7, 11) is 1.59. The number of hydrogen-bond donors (Lipinski definition) is 3. The number of rotatable bonds is 5. The third kappa shape index (κ3) is 3.25. The van der Waals surface area contributed by atoms with Crippen molar-refractivity contribution in [1.29, 1.82) is 0 Å². The van der Waals surface area contributed by atoms with Gasteiger partial charge in [-0.15, -0.1) is 0 Å². The second-order valence-corrected chi connectivity index (χ2v) is 4.29. The van der Waals surface area contributed by atoms with Gasteiger partial charge in [-0.3, -0.25) is 19.9 Å². The number of nitro groups is 1. The summed E-state index contributed by atoms with van der Waals surface area (Å²) in [5, 5.41) is 19.4. The molecule has 108 valence electrons. The second-order valence-electron chi connectivity index (χ2n) is 4.29. The van der Waals surface area contributed by atoms with Crippen molar-refractivity contribution in [3.05, 3.63) is 28.1 Å². The van der Waals surface area contributed by atoms with Crippen molar-refractivity contribution in [2.45, 2.75) is 0 Å². The van der Waals surface area contributed by atoms with Crippen molar-refractivity contribution < 1.29 is 9.72 Å². The fraction of sp³-hybridized carbons (Fsp3) is 0.455. The van der Waals surface area contributed by atoms with Crippen LogP contribution >= 0.6 is 0 Å². The van der Waals surface area contributed by atoms with Crippen LogP contribution in [0.5, 0.6) is 0 Å². The van der Waals surface area contributed by atoms with Gasteiger partial charge in [0.2, 0.25) is 0 Å². The molecule has 2 rings (SSSR count). The minimum atomic E-state index is -0.526. The summed E-state index contributed by atoms with van der Waals surface area (Å²) in [6.45, 7) is 2.51. The molecule has 0 atom stereocenters. The Morgan fingerprint density at radius 1 is 1.60 bits per heavy atom. The summed E-state index contributed by atoms with van der Waals surface area (Å²) in [6.07, 6.45) is 1.31. The molecule has 0 aromatic carbocycles. The zero-order chi connectivity index (χ0) is 14.5. The molecule has 3 N–H and O–H groups in total. The molecule has 0 spiro atoms. The first-order valence-corrected chi connectivity index (χ1v) is 6.19. The first-order chi connectivity index (χ1) is 9.58. The van der Waals surface area contributed by atoms with E-state index in [1.54, 1.807) is 7.05 Å². The first kappa shape index (κ1) is 13.8. The van der Waals surface area contributed by atoms with E-state index in [9.17, 15) is 14.9 Å². The van der Waals surface area contributed by atoms with Crippen LogP contribution in [0.15, 0.2) is 17.3 Å². The summed E-state index contributed by atoms with van der Waals surface area (Å²) in [6, 6.07) is 1.26. The number of amides is 1. The van der Waals surface area contributed by atoms with E-state index in [4.69, 9.17) is 0 Å². The Labute approximate surface area is 115 Å². The Kier molecular flexibility index (Phi) is 4.18.